The predicted molar refractivity (Wildman–Crippen MR) is 90.9 cm³/mol. The van der Waals surface area contributed by atoms with Gasteiger partial charge in [-0.3, -0.25) is 0 Å². The van der Waals surface area contributed by atoms with Crippen molar-refractivity contribution in [1.82, 2.24) is 5.32 Å². The van der Waals surface area contributed by atoms with Crippen molar-refractivity contribution in [1.29, 1.82) is 0 Å². The minimum Gasteiger partial charge on any atom is -0.493 e. The molecule has 106 valence electrons. The second-order valence-corrected chi connectivity index (χ2v) is 8.57. The van der Waals surface area contributed by atoms with Crippen molar-refractivity contribution in [2.75, 3.05) is 13.7 Å². The number of nitrogens with one attached hydrogen (secondary N) is 1. The van der Waals surface area contributed by atoms with Crippen LogP contribution in [-0.2, 0) is 6.42 Å². The van der Waals surface area contributed by atoms with Crippen molar-refractivity contribution in [2.24, 2.45) is 0 Å². The summed E-state index contributed by atoms with van der Waals surface area (Å²) in [6.07, 6.45) is 2.21. The Kier molecular flexibility index (Phi) is 4.50. The Bertz CT molecular complexity index is 626. The maximum absolute atomic E-state index is 5.69. The summed E-state index contributed by atoms with van der Waals surface area (Å²) < 4.78 is 7.99. The molecule has 0 aliphatic carbocycles. The average Bonchev–Trinajstić information content (AvgIpc) is 2.78. The molecule has 1 aliphatic heterocycles. The van der Waals surface area contributed by atoms with Crippen LogP contribution < -0.4 is 10.1 Å². The summed E-state index contributed by atoms with van der Waals surface area (Å²) in [6, 6.07) is 8.89. The molecule has 5 heteroatoms. The zero-order valence-corrected chi connectivity index (χ0v) is 15.1. The van der Waals surface area contributed by atoms with Crippen LogP contribution in [0.15, 0.2) is 31.8 Å². The molecule has 0 amide bonds. The van der Waals surface area contributed by atoms with Gasteiger partial charge in [-0.2, -0.15) is 0 Å². The number of ether oxygens (including phenoxy) is 1. The maximum atomic E-state index is 5.69. The van der Waals surface area contributed by atoms with Gasteiger partial charge in [0.2, 0.25) is 0 Å². The molecule has 0 bridgehead atoms. The van der Waals surface area contributed by atoms with E-state index in [0.29, 0.717) is 0 Å². The first-order valence-electron chi connectivity index (χ1n) is 6.56. The quantitative estimate of drug-likeness (QED) is 0.767. The molecule has 3 rings (SSSR count). The fourth-order valence-corrected chi connectivity index (χ4v) is 5.51. The Morgan fingerprint density at radius 3 is 2.85 bits per heavy atom. The first-order valence-corrected chi connectivity index (χ1v) is 8.97. The monoisotopic (exact) mass is 415 g/mol. The molecule has 20 heavy (non-hydrogen) atoms. The van der Waals surface area contributed by atoms with E-state index in [1.54, 1.807) is 11.3 Å². The first-order chi connectivity index (χ1) is 9.69. The number of halogens is 2. The van der Waals surface area contributed by atoms with Gasteiger partial charge in [-0.15, -0.1) is 11.3 Å². The second-order valence-electron chi connectivity index (χ2n) is 4.82. The van der Waals surface area contributed by atoms with Crippen molar-refractivity contribution in [3.05, 3.63) is 48.5 Å². The van der Waals surface area contributed by atoms with E-state index in [2.05, 4.69) is 61.4 Å². The zero-order valence-electron chi connectivity index (χ0n) is 11.1. The van der Waals surface area contributed by atoms with Crippen molar-refractivity contribution in [3.63, 3.8) is 0 Å². The molecule has 2 heterocycles. The van der Waals surface area contributed by atoms with Crippen LogP contribution in [0.2, 0.25) is 0 Å². The molecule has 1 unspecified atom stereocenters. The fourth-order valence-electron chi connectivity index (χ4n) is 2.61. The van der Waals surface area contributed by atoms with Crippen LogP contribution in [0.4, 0.5) is 0 Å². The van der Waals surface area contributed by atoms with Gasteiger partial charge >= 0.3 is 0 Å². The van der Waals surface area contributed by atoms with E-state index in [0.717, 1.165) is 32.8 Å². The third kappa shape index (κ3) is 2.82. The summed E-state index contributed by atoms with van der Waals surface area (Å²) in [4.78, 5) is 0. The Morgan fingerprint density at radius 2 is 2.15 bits per heavy atom. The average molecular weight is 417 g/mol. The molecule has 0 radical (unpaired) electrons. The lowest BCUT2D eigenvalue weighted by molar-refractivity contribution is 0.288. The Balaban J connectivity index is 1.99. The molecule has 2 nitrogen and oxygen atoms in total. The van der Waals surface area contributed by atoms with Crippen LogP contribution in [0, 0.1) is 0 Å². The lowest BCUT2D eigenvalue weighted by Gasteiger charge is -2.21. The molecule has 1 aromatic carbocycles. The molecular weight excluding hydrogens is 402 g/mol. The molecular formula is C15H15Br2NOS. The molecule has 1 aromatic heterocycles. The predicted octanol–water partition coefficient (Wildman–Crippen LogP) is 4.91. The molecule has 0 fully saturated rings. The lowest BCUT2D eigenvalue weighted by Crippen LogP contribution is -2.18. The van der Waals surface area contributed by atoms with Gasteiger partial charge in [-0.25, -0.2) is 0 Å². The van der Waals surface area contributed by atoms with Gasteiger partial charge in [0.05, 0.1) is 20.2 Å². The van der Waals surface area contributed by atoms with Crippen molar-refractivity contribution in [3.8, 4) is 5.75 Å². The highest BCUT2D eigenvalue weighted by molar-refractivity contribution is 9.12. The van der Waals surface area contributed by atoms with Crippen LogP contribution >= 0.6 is 43.2 Å². The Hall–Kier alpha value is -0.360. The standard InChI is InChI=1S/C15H15Br2NOS/c1-18-14(11-8-13(16)20-15(11)17)10-4-5-12-9(7-10)3-2-6-19-12/h4-5,7-8,14,18H,2-3,6H2,1H3. The zero-order chi connectivity index (χ0) is 14.1. The van der Waals surface area contributed by atoms with Gasteiger partial charge in [0.1, 0.15) is 5.75 Å². The van der Waals surface area contributed by atoms with E-state index in [9.17, 15) is 0 Å². The fraction of sp³-hybridized carbons (Fsp3) is 0.333. The molecule has 1 aliphatic rings. The highest BCUT2D eigenvalue weighted by atomic mass is 79.9. The third-order valence-electron chi connectivity index (χ3n) is 3.55. The number of rotatable bonds is 3. The summed E-state index contributed by atoms with van der Waals surface area (Å²) in [5.41, 5.74) is 3.86. The smallest absolute Gasteiger partial charge is 0.122 e. The van der Waals surface area contributed by atoms with Crippen LogP contribution in [0.1, 0.15) is 29.2 Å². The summed E-state index contributed by atoms with van der Waals surface area (Å²) >= 11 is 8.91. The molecule has 1 N–H and O–H groups in total. The largest absolute Gasteiger partial charge is 0.493 e. The highest BCUT2D eigenvalue weighted by Crippen LogP contribution is 2.38. The van der Waals surface area contributed by atoms with Crippen LogP contribution in [0.3, 0.4) is 0 Å². The molecule has 1 atom stereocenters. The van der Waals surface area contributed by atoms with Crippen LogP contribution in [-0.4, -0.2) is 13.7 Å². The minimum atomic E-state index is 0.194. The summed E-state index contributed by atoms with van der Waals surface area (Å²) in [5, 5.41) is 3.41. The number of fused-ring (bicyclic) bond motifs is 1. The van der Waals surface area contributed by atoms with E-state index in [4.69, 9.17) is 4.74 Å². The SMILES string of the molecule is CNC(c1ccc2c(c1)CCCO2)c1cc(Br)sc1Br. The molecule has 0 spiro atoms. The minimum absolute atomic E-state index is 0.194. The van der Waals surface area contributed by atoms with E-state index < -0.39 is 0 Å². The normalized spacial score (nSPS) is 15.6. The summed E-state index contributed by atoms with van der Waals surface area (Å²) in [6.45, 7) is 0.838. The van der Waals surface area contributed by atoms with Crippen LogP contribution in [0.25, 0.3) is 0 Å². The van der Waals surface area contributed by atoms with E-state index >= 15 is 0 Å². The van der Waals surface area contributed by atoms with Gasteiger partial charge in [-0.1, -0.05) is 12.1 Å². The van der Waals surface area contributed by atoms with Gasteiger partial charge < -0.3 is 10.1 Å². The van der Waals surface area contributed by atoms with Crippen molar-refractivity contribution in [2.45, 2.75) is 18.9 Å². The number of thiophene rings is 1. The first kappa shape index (κ1) is 14.6. The Labute approximate surface area is 139 Å². The van der Waals surface area contributed by atoms with E-state index in [1.165, 1.54) is 16.7 Å². The van der Waals surface area contributed by atoms with Gasteiger partial charge in [0, 0.05) is 0 Å². The number of benzene rings is 1. The van der Waals surface area contributed by atoms with Gasteiger partial charge in [0.25, 0.3) is 0 Å². The summed E-state index contributed by atoms with van der Waals surface area (Å²) in [5.74, 6) is 1.04. The van der Waals surface area contributed by atoms with Gasteiger partial charge in [0.15, 0.2) is 0 Å². The second kappa shape index (κ2) is 6.18. The molecule has 2 aromatic rings. The van der Waals surface area contributed by atoms with Crippen molar-refractivity contribution >= 4 is 43.2 Å². The van der Waals surface area contributed by atoms with Crippen molar-refractivity contribution < 1.29 is 4.74 Å². The number of hydrogen-bond donors (Lipinski definition) is 1. The van der Waals surface area contributed by atoms with Crippen LogP contribution in [0.5, 0.6) is 5.75 Å². The number of hydrogen-bond acceptors (Lipinski definition) is 3. The molecule has 0 saturated carbocycles. The Morgan fingerprint density at radius 1 is 1.30 bits per heavy atom. The van der Waals surface area contributed by atoms with Gasteiger partial charge in [-0.05, 0) is 80.6 Å². The lowest BCUT2D eigenvalue weighted by atomic mass is 9.96. The highest BCUT2D eigenvalue weighted by Gasteiger charge is 2.20. The molecule has 0 saturated heterocycles. The topological polar surface area (TPSA) is 21.3 Å². The maximum Gasteiger partial charge on any atom is 0.122 e. The van der Waals surface area contributed by atoms with E-state index in [-0.39, 0.29) is 6.04 Å². The van der Waals surface area contributed by atoms with E-state index in [1.807, 2.05) is 7.05 Å². The number of aryl methyl sites for hydroxylation is 1. The third-order valence-corrected chi connectivity index (χ3v) is 5.93. The summed E-state index contributed by atoms with van der Waals surface area (Å²) in [7, 11) is 2.00.